The Bertz CT molecular complexity index is 1450. The Kier molecular flexibility index (Phi) is 8.47. The highest BCUT2D eigenvalue weighted by atomic mass is 31.2. The summed E-state index contributed by atoms with van der Waals surface area (Å²) in [6.45, 7) is -0.125. The van der Waals surface area contributed by atoms with Gasteiger partial charge in [-0.3, -0.25) is 23.7 Å². The molecule has 0 aliphatic rings. The number of ether oxygens (including phenoxy) is 2. The second-order valence-electron chi connectivity index (χ2n) is 7.89. The Hall–Kier alpha value is -3.83. The summed E-state index contributed by atoms with van der Waals surface area (Å²) in [6.07, 6.45) is 1.05. The van der Waals surface area contributed by atoms with Gasteiger partial charge in [-0.05, 0) is 29.8 Å². The number of carbonyl (C=O) groups is 1. The standard InChI is InChI=1S/C24H26N5O7P/c1-33-19-9-7-18(8-10-19)20(30)14-36-37(32,35-13-17-5-3-2-4-6-17)16-34-12-11-29-15-26-21-22(29)27-24(25)28-23(21)31/h2-10,15H,11-14,16H2,1H3,(H3,25,27,28,31). The van der Waals surface area contributed by atoms with Gasteiger partial charge >= 0.3 is 7.60 Å². The van der Waals surface area contributed by atoms with Gasteiger partial charge in [-0.15, -0.1) is 0 Å². The minimum atomic E-state index is -3.83. The number of anilines is 1. The molecule has 2 aromatic heterocycles. The zero-order chi connectivity index (χ0) is 26.3. The molecule has 0 radical (unpaired) electrons. The summed E-state index contributed by atoms with van der Waals surface area (Å²) in [6, 6.07) is 15.6. The number of benzene rings is 2. The van der Waals surface area contributed by atoms with Crippen molar-refractivity contribution < 1.29 is 27.9 Å². The number of H-pyrrole nitrogens is 1. The van der Waals surface area contributed by atoms with E-state index >= 15 is 0 Å². The van der Waals surface area contributed by atoms with Gasteiger partial charge in [0, 0.05) is 12.1 Å². The van der Waals surface area contributed by atoms with Crippen LogP contribution in [0.3, 0.4) is 0 Å². The van der Waals surface area contributed by atoms with Crippen molar-refractivity contribution in [1.82, 2.24) is 19.5 Å². The number of aromatic amines is 1. The van der Waals surface area contributed by atoms with Crippen molar-refractivity contribution in [2.45, 2.75) is 13.2 Å². The van der Waals surface area contributed by atoms with E-state index in [9.17, 15) is 14.2 Å². The Morgan fingerprint density at radius 1 is 1.11 bits per heavy atom. The molecule has 1 unspecified atom stereocenters. The number of nitrogens with zero attached hydrogens (tertiary/aromatic N) is 3. The Morgan fingerprint density at radius 3 is 2.59 bits per heavy atom. The molecular weight excluding hydrogens is 501 g/mol. The van der Waals surface area contributed by atoms with Crippen molar-refractivity contribution in [2.75, 3.05) is 32.4 Å². The van der Waals surface area contributed by atoms with Gasteiger partial charge in [-0.2, -0.15) is 4.98 Å². The largest absolute Gasteiger partial charge is 0.497 e. The van der Waals surface area contributed by atoms with E-state index in [0.29, 0.717) is 17.0 Å². The summed E-state index contributed by atoms with van der Waals surface area (Å²) in [7, 11) is -2.30. The van der Waals surface area contributed by atoms with Crippen LogP contribution in [0.2, 0.25) is 0 Å². The Balaban J connectivity index is 1.38. The highest BCUT2D eigenvalue weighted by Crippen LogP contribution is 2.49. The number of ketones is 1. The zero-order valence-corrected chi connectivity index (χ0v) is 20.9. The molecule has 0 amide bonds. The molecule has 0 spiro atoms. The molecule has 0 bridgehead atoms. The molecule has 2 aromatic carbocycles. The van der Waals surface area contributed by atoms with E-state index in [1.807, 2.05) is 30.3 Å². The van der Waals surface area contributed by atoms with E-state index in [2.05, 4.69) is 15.0 Å². The normalized spacial score (nSPS) is 12.9. The van der Waals surface area contributed by atoms with E-state index in [-0.39, 0.29) is 37.0 Å². The van der Waals surface area contributed by atoms with Crippen LogP contribution >= 0.6 is 7.60 Å². The number of nitrogens with two attached hydrogens (primary N) is 1. The number of fused-ring (bicyclic) bond motifs is 1. The summed E-state index contributed by atoms with van der Waals surface area (Å²) in [5.41, 5.74) is 6.78. The van der Waals surface area contributed by atoms with Crippen molar-refractivity contribution in [1.29, 1.82) is 0 Å². The van der Waals surface area contributed by atoms with Crippen LogP contribution in [0.1, 0.15) is 15.9 Å². The number of carbonyl (C=O) groups excluding carboxylic acids is 1. The molecule has 0 aliphatic carbocycles. The van der Waals surface area contributed by atoms with Crippen molar-refractivity contribution >= 4 is 30.5 Å². The topological polar surface area (TPSA) is 161 Å². The molecular formula is C24H26N5O7P. The lowest BCUT2D eigenvalue weighted by Gasteiger charge is -2.19. The lowest BCUT2D eigenvalue weighted by atomic mass is 10.1. The third-order valence-corrected chi connectivity index (χ3v) is 6.84. The smallest absolute Gasteiger partial charge is 0.356 e. The first-order valence-electron chi connectivity index (χ1n) is 11.2. The number of nitrogens with one attached hydrogen (secondary N) is 1. The first-order chi connectivity index (χ1) is 17.9. The number of hydrogen-bond donors (Lipinski definition) is 2. The van der Waals surface area contributed by atoms with Crippen molar-refractivity contribution in [3.8, 4) is 5.75 Å². The summed E-state index contributed by atoms with van der Waals surface area (Å²) in [4.78, 5) is 35.0. The zero-order valence-electron chi connectivity index (χ0n) is 20.0. The van der Waals surface area contributed by atoms with Gasteiger partial charge in [0.05, 0.1) is 26.7 Å². The van der Waals surface area contributed by atoms with Gasteiger partial charge in [-0.25, -0.2) is 4.98 Å². The maximum absolute atomic E-state index is 13.5. The molecule has 2 heterocycles. The van der Waals surface area contributed by atoms with E-state index in [4.69, 9.17) is 24.3 Å². The Morgan fingerprint density at radius 2 is 1.86 bits per heavy atom. The SMILES string of the molecule is COc1ccc(C(=O)COP(=O)(COCCn2cnc3c(=O)[nH]c(N)nc32)OCc2ccccc2)cc1. The fourth-order valence-electron chi connectivity index (χ4n) is 3.35. The minimum absolute atomic E-state index is 0.0103. The highest BCUT2D eigenvalue weighted by Gasteiger charge is 2.27. The van der Waals surface area contributed by atoms with Crippen LogP contribution in [0.15, 0.2) is 65.7 Å². The number of hydrogen-bond acceptors (Lipinski definition) is 10. The molecule has 0 saturated carbocycles. The molecule has 13 heteroatoms. The molecule has 0 saturated heterocycles. The average Bonchev–Trinajstić information content (AvgIpc) is 3.32. The molecule has 12 nitrogen and oxygen atoms in total. The van der Waals surface area contributed by atoms with Crippen molar-refractivity contribution in [3.63, 3.8) is 0 Å². The van der Waals surface area contributed by atoms with E-state index in [0.717, 1.165) is 5.56 Å². The number of aromatic nitrogens is 4. The van der Waals surface area contributed by atoms with Gasteiger partial charge in [0.1, 0.15) is 18.7 Å². The summed E-state index contributed by atoms with van der Waals surface area (Å²) >= 11 is 0. The van der Waals surface area contributed by atoms with Crippen LogP contribution in [-0.4, -0.2) is 52.0 Å². The first kappa shape index (κ1) is 26.2. The molecule has 194 valence electrons. The summed E-state index contributed by atoms with van der Waals surface area (Å²) in [5.74, 6) is 0.203. The Labute approximate surface area is 211 Å². The maximum atomic E-state index is 13.5. The summed E-state index contributed by atoms with van der Waals surface area (Å²) in [5, 5.41) is 0. The minimum Gasteiger partial charge on any atom is -0.497 e. The monoisotopic (exact) mass is 527 g/mol. The van der Waals surface area contributed by atoms with Crippen LogP contribution in [0.25, 0.3) is 11.2 Å². The van der Waals surface area contributed by atoms with Gasteiger partial charge < -0.3 is 24.3 Å². The van der Waals surface area contributed by atoms with E-state index in [1.54, 1.807) is 28.8 Å². The predicted molar refractivity (Wildman–Crippen MR) is 135 cm³/mol. The number of Topliss-reactive ketones (excluding diaryl/α,β-unsaturated/α-hetero) is 1. The highest BCUT2D eigenvalue weighted by molar-refractivity contribution is 7.53. The number of rotatable bonds is 13. The van der Waals surface area contributed by atoms with Crippen LogP contribution in [0.4, 0.5) is 5.95 Å². The average molecular weight is 527 g/mol. The van der Waals surface area contributed by atoms with Crippen LogP contribution in [-0.2, 0) is 31.5 Å². The second-order valence-corrected chi connectivity index (χ2v) is 9.89. The summed E-state index contributed by atoms with van der Waals surface area (Å²) < 4.78 is 36.9. The van der Waals surface area contributed by atoms with Crippen LogP contribution in [0, 0.1) is 0 Å². The molecule has 0 fully saturated rings. The maximum Gasteiger partial charge on any atom is 0.356 e. The van der Waals surface area contributed by atoms with Gasteiger partial charge in [0.25, 0.3) is 5.56 Å². The van der Waals surface area contributed by atoms with E-state index < -0.39 is 26.1 Å². The molecule has 3 N–H and O–H groups in total. The third kappa shape index (κ3) is 6.89. The molecule has 37 heavy (non-hydrogen) atoms. The molecule has 0 aliphatic heterocycles. The van der Waals surface area contributed by atoms with E-state index in [1.165, 1.54) is 13.4 Å². The quantitative estimate of drug-likeness (QED) is 0.150. The third-order valence-electron chi connectivity index (χ3n) is 5.29. The lowest BCUT2D eigenvalue weighted by Crippen LogP contribution is -2.14. The lowest BCUT2D eigenvalue weighted by molar-refractivity contribution is 0.0855. The molecule has 4 aromatic rings. The molecule has 4 rings (SSSR count). The predicted octanol–water partition coefficient (Wildman–Crippen LogP) is 2.99. The van der Waals surface area contributed by atoms with Crippen molar-refractivity contribution in [3.05, 3.63) is 82.4 Å². The number of nitrogen functional groups attached to an aromatic ring is 1. The fraction of sp³-hybridized carbons (Fsp3) is 0.250. The fourth-order valence-corrected chi connectivity index (χ4v) is 4.59. The number of imidazole rings is 1. The molecule has 1 atom stereocenters. The first-order valence-corrected chi connectivity index (χ1v) is 13.0. The van der Waals surface area contributed by atoms with Crippen molar-refractivity contribution in [2.24, 2.45) is 0 Å². The van der Waals surface area contributed by atoms with Gasteiger partial charge in [0.2, 0.25) is 5.95 Å². The van der Waals surface area contributed by atoms with Crippen LogP contribution in [0.5, 0.6) is 5.75 Å². The van der Waals surface area contributed by atoms with Gasteiger partial charge in [-0.1, -0.05) is 30.3 Å². The number of methoxy groups -OCH3 is 1. The van der Waals surface area contributed by atoms with Crippen LogP contribution < -0.4 is 16.0 Å². The van der Waals surface area contributed by atoms with Gasteiger partial charge in [0.15, 0.2) is 16.9 Å². The second kappa shape index (κ2) is 11.9.